The number of benzene rings is 2. The van der Waals surface area contributed by atoms with Crippen molar-refractivity contribution in [3.63, 3.8) is 0 Å². The van der Waals surface area contributed by atoms with Crippen LogP contribution >= 0.6 is 0 Å². The average Bonchev–Trinajstić information content (AvgIpc) is 2.99. The molecule has 156 valence electrons. The number of imide groups is 1. The number of carbonyl (C=O) groups is 3. The van der Waals surface area contributed by atoms with Gasteiger partial charge in [-0.15, -0.1) is 0 Å². The second-order valence-electron chi connectivity index (χ2n) is 6.25. The summed E-state index contributed by atoms with van der Waals surface area (Å²) in [6, 6.07) is 12.4. The van der Waals surface area contributed by atoms with Gasteiger partial charge in [0.2, 0.25) is 0 Å². The van der Waals surface area contributed by atoms with Gasteiger partial charge in [0.25, 0.3) is 5.91 Å². The molecular formula is C22H21NO7. The first-order chi connectivity index (χ1) is 14.5. The number of methoxy groups -OCH3 is 1. The Labute approximate surface area is 173 Å². The highest BCUT2D eigenvalue weighted by molar-refractivity contribution is 6.45. The number of anilines is 1. The molecule has 0 unspecified atom stereocenters. The number of para-hydroxylation sites is 1. The van der Waals surface area contributed by atoms with E-state index < -0.39 is 23.5 Å². The fourth-order valence-corrected chi connectivity index (χ4v) is 3.01. The molecule has 2 aromatic carbocycles. The summed E-state index contributed by atoms with van der Waals surface area (Å²) < 4.78 is 15.4. The molecule has 0 fully saturated rings. The molecule has 0 bridgehead atoms. The summed E-state index contributed by atoms with van der Waals surface area (Å²) in [5, 5.41) is 10.3. The first-order valence-corrected chi connectivity index (χ1v) is 9.30. The van der Waals surface area contributed by atoms with Crippen molar-refractivity contribution >= 4 is 29.0 Å². The molecule has 1 heterocycles. The first kappa shape index (κ1) is 21.1. The second kappa shape index (κ2) is 9.23. The number of nitrogens with zero attached hydrogens (tertiary/aromatic N) is 1. The van der Waals surface area contributed by atoms with Crippen LogP contribution in [0.1, 0.15) is 22.8 Å². The molecule has 8 nitrogen and oxygen atoms in total. The van der Waals surface area contributed by atoms with Crippen molar-refractivity contribution in [1.29, 1.82) is 0 Å². The average molecular weight is 411 g/mol. The Morgan fingerprint density at radius 1 is 1.00 bits per heavy atom. The van der Waals surface area contributed by atoms with Crippen molar-refractivity contribution in [2.75, 3.05) is 31.8 Å². The van der Waals surface area contributed by atoms with E-state index in [0.29, 0.717) is 24.5 Å². The van der Waals surface area contributed by atoms with Crippen molar-refractivity contribution in [2.24, 2.45) is 0 Å². The zero-order chi connectivity index (χ0) is 21.7. The van der Waals surface area contributed by atoms with Crippen LogP contribution in [0, 0.1) is 0 Å². The van der Waals surface area contributed by atoms with Gasteiger partial charge in [0.05, 0.1) is 30.5 Å². The van der Waals surface area contributed by atoms with Crippen molar-refractivity contribution in [3.05, 3.63) is 65.4 Å². The number of amides is 2. The summed E-state index contributed by atoms with van der Waals surface area (Å²) in [7, 11) is 1.43. The monoisotopic (exact) mass is 411 g/mol. The third-order valence-electron chi connectivity index (χ3n) is 4.46. The normalized spacial score (nSPS) is 13.7. The lowest BCUT2D eigenvalue weighted by Gasteiger charge is -2.15. The van der Waals surface area contributed by atoms with Crippen LogP contribution in [0.25, 0.3) is 5.57 Å². The van der Waals surface area contributed by atoms with Gasteiger partial charge in [-0.25, -0.2) is 9.69 Å². The number of aliphatic hydroxyl groups is 1. The van der Waals surface area contributed by atoms with Gasteiger partial charge >= 0.3 is 11.9 Å². The fourth-order valence-electron chi connectivity index (χ4n) is 3.01. The van der Waals surface area contributed by atoms with E-state index in [2.05, 4.69) is 0 Å². The molecule has 0 radical (unpaired) electrons. The zero-order valence-corrected chi connectivity index (χ0v) is 16.6. The lowest BCUT2D eigenvalue weighted by molar-refractivity contribution is -0.121. The van der Waals surface area contributed by atoms with Gasteiger partial charge in [0, 0.05) is 12.2 Å². The Morgan fingerprint density at radius 3 is 2.37 bits per heavy atom. The standard InChI is InChI=1S/C22H21NO7/c1-3-29-12-13-30-22(27)14-8-10-15(11-9-14)23-20(25)18(19(24)21(23)26)16-6-4-5-7-17(16)28-2/h4-11,24H,3,12-13H2,1-2H3. The van der Waals surface area contributed by atoms with Crippen molar-refractivity contribution in [1.82, 2.24) is 0 Å². The van der Waals surface area contributed by atoms with Crippen molar-refractivity contribution < 1.29 is 33.7 Å². The van der Waals surface area contributed by atoms with Crippen molar-refractivity contribution in [3.8, 4) is 5.75 Å². The number of hydrogen-bond donors (Lipinski definition) is 1. The summed E-state index contributed by atoms with van der Waals surface area (Å²) in [4.78, 5) is 38.4. The van der Waals surface area contributed by atoms with Gasteiger partial charge in [-0.3, -0.25) is 9.59 Å². The highest BCUT2D eigenvalue weighted by atomic mass is 16.6. The van der Waals surface area contributed by atoms with E-state index in [-0.39, 0.29) is 23.4 Å². The third-order valence-corrected chi connectivity index (χ3v) is 4.46. The molecule has 0 spiro atoms. The molecule has 0 saturated carbocycles. The molecule has 0 aliphatic carbocycles. The highest BCUT2D eigenvalue weighted by Crippen LogP contribution is 2.35. The van der Waals surface area contributed by atoms with E-state index >= 15 is 0 Å². The Morgan fingerprint density at radius 2 is 1.70 bits per heavy atom. The number of aliphatic hydroxyl groups excluding tert-OH is 1. The largest absolute Gasteiger partial charge is 0.502 e. The highest BCUT2D eigenvalue weighted by Gasteiger charge is 2.41. The second-order valence-corrected chi connectivity index (χ2v) is 6.25. The quantitative estimate of drug-likeness (QED) is 0.405. The lowest BCUT2D eigenvalue weighted by atomic mass is 10.0. The maximum Gasteiger partial charge on any atom is 0.338 e. The van der Waals surface area contributed by atoms with Crippen LogP contribution in [0.5, 0.6) is 5.75 Å². The van der Waals surface area contributed by atoms with E-state index in [1.165, 1.54) is 31.4 Å². The minimum absolute atomic E-state index is 0.123. The Kier molecular flexibility index (Phi) is 6.48. The number of hydrogen-bond acceptors (Lipinski definition) is 7. The Hall–Kier alpha value is -3.65. The molecular weight excluding hydrogens is 390 g/mol. The predicted octanol–water partition coefficient (Wildman–Crippen LogP) is 2.73. The van der Waals surface area contributed by atoms with Crippen LogP contribution in [-0.4, -0.2) is 49.8 Å². The van der Waals surface area contributed by atoms with Gasteiger partial charge in [-0.05, 0) is 37.3 Å². The van der Waals surface area contributed by atoms with Crippen LogP contribution < -0.4 is 9.64 Å². The molecule has 1 aliphatic rings. The predicted molar refractivity (Wildman–Crippen MR) is 108 cm³/mol. The summed E-state index contributed by atoms with van der Waals surface area (Å²) in [6.07, 6.45) is 0. The Balaban J connectivity index is 1.80. The van der Waals surface area contributed by atoms with Gasteiger partial charge in [0.15, 0.2) is 5.76 Å². The van der Waals surface area contributed by atoms with Crippen LogP contribution in [0.2, 0.25) is 0 Å². The van der Waals surface area contributed by atoms with E-state index in [1.807, 2.05) is 6.92 Å². The van der Waals surface area contributed by atoms with Crippen molar-refractivity contribution in [2.45, 2.75) is 6.92 Å². The molecule has 3 rings (SSSR count). The molecule has 0 aromatic heterocycles. The smallest absolute Gasteiger partial charge is 0.338 e. The minimum Gasteiger partial charge on any atom is -0.502 e. The van der Waals surface area contributed by atoms with Gasteiger partial charge in [0.1, 0.15) is 12.4 Å². The molecule has 1 aliphatic heterocycles. The molecule has 0 atom stereocenters. The minimum atomic E-state index is -0.854. The van der Waals surface area contributed by atoms with E-state index in [0.717, 1.165) is 4.90 Å². The number of carbonyl (C=O) groups excluding carboxylic acids is 3. The van der Waals surface area contributed by atoms with Crippen LogP contribution in [0.4, 0.5) is 5.69 Å². The van der Waals surface area contributed by atoms with Crippen LogP contribution in [0.15, 0.2) is 54.3 Å². The lowest BCUT2D eigenvalue weighted by Crippen LogP contribution is -2.31. The number of ether oxygens (including phenoxy) is 3. The summed E-state index contributed by atoms with van der Waals surface area (Å²) in [5.74, 6) is -2.39. The molecule has 2 aromatic rings. The Bertz CT molecular complexity index is 995. The molecule has 30 heavy (non-hydrogen) atoms. The fraction of sp³-hybridized carbons (Fsp3) is 0.227. The van der Waals surface area contributed by atoms with E-state index in [1.54, 1.807) is 24.3 Å². The zero-order valence-electron chi connectivity index (χ0n) is 16.6. The first-order valence-electron chi connectivity index (χ1n) is 9.30. The molecule has 8 heteroatoms. The summed E-state index contributed by atoms with van der Waals surface area (Å²) in [6.45, 7) is 2.79. The van der Waals surface area contributed by atoms with Crippen LogP contribution in [-0.2, 0) is 19.1 Å². The van der Waals surface area contributed by atoms with E-state index in [9.17, 15) is 19.5 Å². The van der Waals surface area contributed by atoms with Crippen LogP contribution in [0.3, 0.4) is 0 Å². The topological polar surface area (TPSA) is 102 Å². The van der Waals surface area contributed by atoms with E-state index in [4.69, 9.17) is 14.2 Å². The maximum atomic E-state index is 12.9. The van der Waals surface area contributed by atoms with Gasteiger partial charge in [-0.2, -0.15) is 0 Å². The molecule has 0 saturated heterocycles. The summed E-state index contributed by atoms with van der Waals surface area (Å²) >= 11 is 0. The maximum absolute atomic E-state index is 12.9. The summed E-state index contributed by atoms with van der Waals surface area (Å²) in [5.41, 5.74) is 0.647. The molecule has 1 N–H and O–H groups in total. The van der Waals surface area contributed by atoms with Gasteiger partial charge < -0.3 is 19.3 Å². The number of rotatable bonds is 8. The van der Waals surface area contributed by atoms with Gasteiger partial charge in [-0.1, -0.05) is 18.2 Å². The SMILES string of the molecule is CCOCCOC(=O)c1ccc(N2C(=O)C(O)=C(c3ccccc3OC)C2=O)cc1. The third kappa shape index (κ3) is 4.04. The molecule has 2 amide bonds. The number of esters is 1.